The number of carboxylic acids is 1. The Bertz CT molecular complexity index is 537. The minimum Gasteiger partial charge on any atom is -0.478 e. The normalized spacial score (nSPS) is 9.00. The van der Waals surface area contributed by atoms with Gasteiger partial charge in [0, 0.05) is 11.1 Å². The zero-order valence-electron chi connectivity index (χ0n) is 8.83. The summed E-state index contributed by atoms with van der Waals surface area (Å²) in [5.41, 5.74) is 0.137. The summed E-state index contributed by atoms with van der Waals surface area (Å²) in [7, 11) is 0. The van der Waals surface area contributed by atoms with E-state index >= 15 is 0 Å². The number of carboxylic acid groups (broad SMARTS) is 1. The Hall–Kier alpha value is -1.59. The van der Waals surface area contributed by atoms with Gasteiger partial charge in [0.05, 0.1) is 5.56 Å². The van der Waals surface area contributed by atoms with E-state index in [1.807, 2.05) is 30.3 Å². The Morgan fingerprint density at radius 2 is 1.82 bits per heavy atom. The summed E-state index contributed by atoms with van der Waals surface area (Å²) in [4.78, 5) is 14.0. The SMILES string of the molecule is O=C(O)c1ccc[nH]c1=S.Sc1ccccc1. The lowest BCUT2D eigenvalue weighted by atomic mass is 10.3. The van der Waals surface area contributed by atoms with E-state index in [9.17, 15) is 4.79 Å². The zero-order chi connectivity index (χ0) is 12.7. The Morgan fingerprint density at radius 1 is 1.18 bits per heavy atom. The number of aromatic carboxylic acids is 1. The molecule has 0 atom stereocenters. The van der Waals surface area contributed by atoms with Crippen molar-refractivity contribution in [2.24, 2.45) is 0 Å². The molecule has 1 aromatic carbocycles. The molecule has 3 nitrogen and oxygen atoms in total. The van der Waals surface area contributed by atoms with Gasteiger partial charge < -0.3 is 10.1 Å². The number of pyridine rings is 1. The second kappa shape index (κ2) is 6.88. The number of hydrogen-bond acceptors (Lipinski definition) is 3. The third-order valence-electron chi connectivity index (χ3n) is 1.80. The van der Waals surface area contributed by atoms with Crippen LogP contribution in [0.3, 0.4) is 0 Å². The van der Waals surface area contributed by atoms with Gasteiger partial charge in [0.15, 0.2) is 0 Å². The predicted octanol–water partition coefficient (Wildman–Crippen LogP) is 3.42. The maximum Gasteiger partial charge on any atom is 0.338 e. The van der Waals surface area contributed by atoms with E-state index in [0.29, 0.717) is 0 Å². The molecule has 0 aliphatic carbocycles. The molecule has 0 spiro atoms. The number of thiol groups is 1. The van der Waals surface area contributed by atoms with E-state index in [1.54, 1.807) is 12.3 Å². The fourth-order valence-corrected chi connectivity index (χ4v) is 1.41. The summed E-state index contributed by atoms with van der Waals surface area (Å²) in [6.07, 6.45) is 1.59. The highest BCUT2D eigenvalue weighted by molar-refractivity contribution is 7.80. The average Bonchev–Trinajstić information content (AvgIpc) is 2.31. The molecule has 0 saturated carbocycles. The highest BCUT2D eigenvalue weighted by Crippen LogP contribution is 2.00. The van der Waals surface area contributed by atoms with Crippen LogP contribution in [-0.4, -0.2) is 16.1 Å². The van der Waals surface area contributed by atoms with Crippen LogP contribution in [0.25, 0.3) is 0 Å². The van der Waals surface area contributed by atoms with Crippen molar-refractivity contribution >= 4 is 30.8 Å². The molecule has 88 valence electrons. The van der Waals surface area contributed by atoms with Crippen LogP contribution in [0, 0.1) is 4.64 Å². The molecule has 0 bridgehead atoms. The first-order valence-electron chi connectivity index (χ1n) is 4.76. The first-order chi connectivity index (χ1) is 8.11. The third-order valence-corrected chi connectivity index (χ3v) is 2.44. The van der Waals surface area contributed by atoms with E-state index in [2.05, 4.69) is 17.6 Å². The van der Waals surface area contributed by atoms with Crippen LogP contribution in [-0.2, 0) is 0 Å². The minimum atomic E-state index is -0.998. The van der Waals surface area contributed by atoms with Crippen molar-refractivity contribution in [3.63, 3.8) is 0 Å². The molecule has 2 N–H and O–H groups in total. The average molecular weight is 265 g/mol. The van der Waals surface area contributed by atoms with E-state index in [4.69, 9.17) is 17.3 Å². The molecule has 0 radical (unpaired) electrons. The van der Waals surface area contributed by atoms with Crippen LogP contribution in [0.5, 0.6) is 0 Å². The van der Waals surface area contributed by atoms with Gasteiger partial charge in [-0.15, -0.1) is 12.6 Å². The predicted molar refractivity (Wildman–Crippen MR) is 72.3 cm³/mol. The van der Waals surface area contributed by atoms with Gasteiger partial charge in [0.25, 0.3) is 0 Å². The van der Waals surface area contributed by atoms with E-state index in [1.165, 1.54) is 6.07 Å². The molecule has 0 amide bonds. The first-order valence-corrected chi connectivity index (χ1v) is 5.62. The van der Waals surface area contributed by atoms with Crippen molar-refractivity contribution < 1.29 is 9.90 Å². The Morgan fingerprint density at radius 3 is 2.18 bits per heavy atom. The fourth-order valence-electron chi connectivity index (χ4n) is 1.02. The molecule has 1 heterocycles. The lowest BCUT2D eigenvalue weighted by molar-refractivity contribution is 0.0696. The summed E-state index contributed by atoms with van der Waals surface area (Å²) in [6.45, 7) is 0. The maximum absolute atomic E-state index is 10.3. The van der Waals surface area contributed by atoms with Crippen molar-refractivity contribution in [3.05, 3.63) is 58.9 Å². The van der Waals surface area contributed by atoms with Crippen molar-refractivity contribution in [1.29, 1.82) is 0 Å². The molecule has 0 unspecified atom stereocenters. The number of hydrogen-bond donors (Lipinski definition) is 3. The molecular formula is C12H11NO2S2. The maximum atomic E-state index is 10.3. The highest BCUT2D eigenvalue weighted by Gasteiger charge is 2.01. The van der Waals surface area contributed by atoms with Crippen LogP contribution in [0.2, 0.25) is 0 Å². The Balaban J connectivity index is 0.000000181. The van der Waals surface area contributed by atoms with Crippen molar-refractivity contribution in [1.82, 2.24) is 4.98 Å². The Kier molecular flexibility index (Phi) is 5.45. The molecular weight excluding hydrogens is 254 g/mol. The number of rotatable bonds is 1. The van der Waals surface area contributed by atoms with Gasteiger partial charge in [-0.25, -0.2) is 4.79 Å². The van der Waals surface area contributed by atoms with E-state index in [0.717, 1.165) is 4.90 Å². The monoisotopic (exact) mass is 265 g/mol. The molecule has 5 heteroatoms. The lowest BCUT2D eigenvalue weighted by Gasteiger charge is -1.90. The zero-order valence-corrected chi connectivity index (χ0v) is 10.5. The summed E-state index contributed by atoms with van der Waals surface area (Å²) in [5, 5.41) is 8.48. The molecule has 17 heavy (non-hydrogen) atoms. The minimum absolute atomic E-state index is 0.137. The second-order valence-corrected chi connectivity index (χ2v) is 3.98. The topological polar surface area (TPSA) is 53.1 Å². The van der Waals surface area contributed by atoms with E-state index in [-0.39, 0.29) is 10.2 Å². The molecule has 0 aliphatic heterocycles. The van der Waals surface area contributed by atoms with Gasteiger partial charge in [-0.3, -0.25) is 0 Å². The van der Waals surface area contributed by atoms with Crippen LogP contribution in [0.1, 0.15) is 10.4 Å². The third kappa shape index (κ3) is 4.84. The van der Waals surface area contributed by atoms with Crippen LogP contribution < -0.4 is 0 Å². The van der Waals surface area contributed by atoms with Gasteiger partial charge in [-0.2, -0.15) is 0 Å². The van der Waals surface area contributed by atoms with Gasteiger partial charge in [-0.1, -0.05) is 30.4 Å². The molecule has 1 aromatic heterocycles. The molecule has 0 fully saturated rings. The molecule has 0 aliphatic rings. The number of benzene rings is 1. The summed E-state index contributed by atoms with van der Waals surface area (Å²) >= 11 is 8.78. The van der Waals surface area contributed by atoms with Crippen LogP contribution in [0.4, 0.5) is 0 Å². The first kappa shape index (κ1) is 13.5. The highest BCUT2D eigenvalue weighted by atomic mass is 32.1. The van der Waals surface area contributed by atoms with Crippen LogP contribution >= 0.6 is 24.8 Å². The van der Waals surface area contributed by atoms with E-state index < -0.39 is 5.97 Å². The van der Waals surface area contributed by atoms with Gasteiger partial charge in [-0.05, 0) is 24.3 Å². The smallest absolute Gasteiger partial charge is 0.338 e. The fraction of sp³-hybridized carbons (Fsp3) is 0. The van der Waals surface area contributed by atoms with Gasteiger partial charge >= 0.3 is 5.97 Å². The molecule has 2 aromatic rings. The summed E-state index contributed by atoms with van der Waals surface area (Å²) in [5.74, 6) is -0.998. The second-order valence-electron chi connectivity index (χ2n) is 3.05. The van der Waals surface area contributed by atoms with Crippen molar-refractivity contribution in [3.8, 4) is 0 Å². The Labute approximate surface area is 110 Å². The van der Waals surface area contributed by atoms with Crippen LogP contribution in [0.15, 0.2) is 53.6 Å². The quantitative estimate of drug-likeness (QED) is 0.547. The number of aromatic amines is 1. The summed E-state index contributed by atoms with van der Waals surface area (Å²) in [6, 6.07) is 12.8. The molecule has 2 rings (SSSR count). The number of aromatic nitrogens is 1. The standard InChI is InChI=1S/C6H5NO2S.C6H6S/c8-6(9)4-2-1-3-7-5(4)10;7-6-4-2-1-3-5-6/h1-3H,(H,7,10)(H,8,9);1-5,7H. The van der Waals surface area contributed by atoms with Crippen molar-refractivity contribution in [2.75, 3.05) is 0 Å². The number of H-pyrrole nitrogens is 1. The van der Waals surface area contributed by atoms with Crippen molar-refractivity contribution in [2.45, 2.75) is 4.90 Å². The summed E-state index contributed by atoms with van der Waals surface area (Å²) < 4.78 is 0.259. The van der Waals surface area contributed by atoms with Gasteiger partial charge in [0.1, 0.15) is 4.64 Å². The molecule has 0 saturated heterocycles. The number of nitrogens with one attached hydrogen (secondary N) is 1. The lowest BCUT2D eigenvalue weighted by Crippen LogP contribution is -1.97. The largest absolute Gasteiger partial charge is 0.478 e. The number of carbonyl (C=O) groups is 1. The van der Waals surface area contributed by atoms with Gasteiger partial charge in [0.2, 0.25) is 0 Å².